The van der Waals surface area contributed by atoms with Crippen LogP contribution in [0.2, 0.25) is 0 Å². The van der Waals surface area contributed by atoms with Crippen LogP contribution >= 0.6 is 0 Å². The molecule has 1 fully saturated rings. The van der Waals surface area contributed by atoms with Crippen molar-refractivity contribution in [2.45, 2.75) is 44.2 Å². The second kappa shape index (κ2) is 6.86. The van der Waals surface area contributed by atoms with Gasteiger partial charge in [0.1, 0.15) is 5.82 Å². The van der Waals surface area contributed by atoms with Crippen LogP contribution in [0.3, 0.4) is 0 Å². The number of methoxy groups -OCH3 is 1. The molecular weight excluding hydrogens is 229 g/mol. The monoisotopic (exact) mass is 251 g/mol. The first-order valence-electron chi connectivity index (χ1n) is 6.79. The summed E-state index contributed by atoms with van der Waals surface area (Å²) in [5, 5.41) is 3.52. The van der Waals surface area contributed by atoms with E-state index in [0.717, 1.165) is 44.2 Å². The van der Waals surface area contributed by atoms with Crippen LogP contribution < -0.4 is 5.32 Å². The van der Waals surface area contributed by atoms with Gasteiger partial charge in [-0.1, -0.05) is 18.2 Å². The molecule has 1 N–H and O–H groups in total. The van der Waals surface area contributed by atoms with Crippen molar-refractivity contribution in [3.05, 3.63) is 35.6 Å². The van der Waals surface area contributed by atoms with Crippen molar-refractivity contribution in [1.29, 1.82) is 0 Å². The number of ether oxygens (including phenoxy) is 1. The van der Waals surface area contributed by atoms with Gasteiger partial charge in [0.25, 0.3) is 0 Å². The van der Waals surface area contributed by atoms with Crippen molar-refractivity contribution in [2.24, 2.45) is 0 Å². The summed E-state index contributed by atoms with van der Waals surface area (Å²) in [6.07, 6.45) is 5.79. The van der Waals surface area contributed by atoms with Gasteiger partial charge in [-0.05, 0) is 50.3 Å². The molecule has 0 aliphatic heterocycles. The van der Waals surface area contributed by atoms with E-state index >= 15 is 0 Å². The van der Waals surface area contributed by atoms with Gasteiger partial charge in [-0.3, -0.25) is 0 Å². The van der Waals surface area contributed by atoms with Crippen LogP contribution in [0.1, 0.15) is 31.2 Å². The topological polar surface area (TPSA) is 21.3 Å². The fraction of sp³-hybridized carbons (Fsp3) is 0.600. The standard InChI is InChI=1S/C15H22FNO/c1-18-14-8-6-13(7-9-14)17-11-10-12-4-2-3-5-15(12)16/h2-5,13-14,17H,6-11H2,1H3. The minimum atomic E-state index is -0.0950. The van der Waals surface area contributed by atoms with Crippen molar-refractivity contribution < 1.29 is 9.13 Å². The van der Waals surface area contributed by atoms with Gasteiger partial charge in [-0.2, -0.15) is 0 Å². The van der Waals surface area contributed by atoms with E-state index in [9.17, 15) is 4.39 Å². The van der Waals surface area contributed by atoms with Crippen LogP contribution in [0.15, 0.2) is 24.3 Å². The maximum atomic E-state index is 13.4. The Kier molecular flexibility index (Phi) is 5.14. The van der Waals surface area contributed by atoms with Crippen molar-refractivity contribution in [3.63, 3.8) is 0 Å². The molecule has 1 aromatic rings. The van der Waals surface area contributed by atoms with E-state index in [1.807, 2.05) is 12.1 Å². The Morgan fingerprint density at radius 2 is 1.94 bits per heavy atom. The van der Waals surface area contributed by atoms with Crippen molar-refractivity contribution in [2.75, 3.05) is 13.7 Å². The molecule has 2 rings (SSSR count). The minimum absolute atomic E-state index is 0.0950. The Balaban J connectivity index is 1.69. The van der Waals surface area contributed by atoms with Gasteiger partial charge in [-0.25, -0.2) is 4.39 Å². The highest BCUT2D eigenvalue weighted by molar-refractivity contribution is 5.17. The molecule has 0 amide bonds. The van der Waals surface area contributed by atoms with Crippen LogP contribution in [0.5, 0.6) is 0 Å². The summed E-state index contributed by atoms with van der Waals surface area (Å²) in [5.41, 5.74) is 0.801. The van der Waals surface area contributed by atoms with Crippen molar-refractivity contribution >= 4 is 0 Å². The average Bonchev–Trinajstić information content (AvgIpc) is 2.42. The molecule has 0 unspecified atom stereocenters. The minimum Gasteiger partial charge on any atom is -0.381 e. The molecule has 1 aliphatic rings. The lowest BCUT2D eigenvalue weighted by Crippen LogP contribution is -2.36. The maximum Gasteiger partial charge on any atom is 0.126 e. The summed E-state index contributed by atoms with van der Waals surface area (Å²) in [6.45, 7) is 0.850. The molecule has 1 aliphatic carbocycles. The van der Waals surface area contributed by atoms with Crippen LogP contribution in [0.25, 0.3) is 0 Å². The predicted molar refractivity (Wildman–Crippen MR) is 71.2 cm³/mol. The van der Waals surface area contributed by atoms with E-state index < -0.39 is 0 Å². The fourth-order valence-corrected chi connectivity index (χ4v) is 2.61. The third-order valence-electron chi connectivity index (χ3n) is 3.79. The Labute approximate surface area is 109 Å². The Hall–Kier alpha value is -0.930. The largest absolute Gasteiger partial charge is 0.381 e. The molecule has 1 saturated carbocycles. The zero-order chi connectivity index (χ0) is 12.8. The van der Waals surface area contributed by atoms with Gasteiger partial charge in [-0.15, -0.1) is 0 Å². The molecule has 0 radical (unpaired) electrons. The predicted octanol–water partition coefficient (Wildman–Crippen LogP) is 2.92. The van der Waals surface area contributed by atoms with Gasteiger partial charge in [0, 0.05) is 13.2 Å². The molecular formula is C15H22FNO. The highest BCUT2D eigenvalue weighted by Crippen LogP contribution is 2.20. The summed E-state index contributed by atoms with van der Waals surface area (Å²) in [4.78, 5) is 0. The molecule has 100 valence electrons. The zero-order valence-electron chi connectivity index (χ0n) is 11.0. The molecule has 1 aromatic carbocycles. The molecule has 0 bridgehead atoms. The molecule has 3 heteroatoms. The second-order valence-corrected chi connectivity index (χ2v) is 5.00. The molecule has 0 saturated heterocycles. The van der Waals surface area contributed by atoms with E-state index in [2.05, 4.69) is 5.32 Å². The maximum absolute atomic E-state index is 13.4. The summed E-state index contributed by atoms with van der Waals surface area (Å²) in [7, 11) is 1.79. The summed E-state index contributed by atoms with van der Waals surface area (Å²) < 4.78 is 18.8. The Morgan fingerprint density at radius 3 is 2.61 bits per heavy atom. The quantitative estimate of drug-likeness (QED) is 0.868. The fourth-order valence-electron chi connectivity index (χ4n) is 2.61. The lowest BCUT2D eigenvalue weighted by Gasteiger charge is -2.28. The van der Waals surface area contributed by atoms with Crippen molar-refractivity contribution in [3.8, 4) is 0 Å². The Morgan fingerprint density at radius 1 is 1.22 bits per heavy atom. The molecule has 0 spiro atoms. The van der Waals surface area contributed by atoms with E-state index in [1.165, 1.54) is 6.07 Å². The summed E-state index contributed by atoms with van der Waals surface area (Å²) >= 11 is 0. The molecule has 0 atom stereocenters. The number of nitrogens with one attached hydrogen (secondary N) is 1. The van der Waals surface area contributed by atoms with Gasteiger partial charge in [0.05, 0.1) is 6.10 Å². The number of hydrogen-bond acceptors (Lipinski definition) is 2. The smallest absolute Gasteiger partial charge is 0.126 e. The molecule has 0 aromatic heterocycles. The normalized spacial score (nSPS) is 24.1. The highest BCUT2D eigenvalue weighted by atomic mass is 19.1. The second-order valence-electron chi connectivity index (χ2n) is 5.00. The van der Waals surface area contributed by atoms with Gasteiger partial charge in [0.2, 0.25) is 0 Å². The Bertz CT molecular complexity index is 361. The molecule has 0 heterocycles. The number of benzene rings is 1. The third kappa shape index (κ3) is 3.79. The lowest BCUT2D eigenvalue weighted by molar-refractivity contribution is 0.0626. The van der Waals surface area contributed by atoms with Crippen LogP contribution in [0, 0.1) is 5.82 Å². The van der Waals surface area contributed by atoms with Crippen LogP contribution in [-0.4, -0.2) is 25.8 Å². The number of hydrogen-bond donors (Lipinski definition) is 1. The first-order valence-corrected chi connectivity index (χ1v) is 6.79. The first kappa shape index (κ1) is 13.5. The number of rotatable bonds is 5. The third-order valence-corrected chi connectivity index (χ3v) is 3.79. The molecule has 18 heavy (non-hydrogen) atoms. The van der Waals surface area contributed by atoms with Gasteiger partial charge in [0.15, 0.2) is 0 Å². The SMILES string of the molecule is COC1CCC(NCCc2ccccc2F)CC1. The van der Waals surface area contributed by atoms with Crippen molar-refractivity contribution in [1.82, 2.24) is 5.32 Å². The van der Waals surface area contributed by atoms with Gasteiger partial charge < -0.3 is 10.1 Å². The average molecular weight is 251 g/mol. The van der Waals surface area contributed by atoms with E-state index in [1.54, 1.807) is 13.2 Å². The summed E-state index contributed by atoms with van der Waals surface area (Å²) in [5.74, 6) is -0.0950. The summed E-state index contributed by atoms with van der Waals surface area (Å²) in [6, 6.07) is 7.58. The zero-order valence-corrected chi connectivity index (χ0v) is 11.0. The molecule has 2 nitrogen and oxygen atoms in total. The number of halogens is 1. The van der Waals surface area contributed by atoms with Gasteiger partial charge >= 0.3 is 0 Å². The highest BCUT2D eigenvalue weighted by Gasteiger charge is 2.19. The van der Waals surface area contributed by atoms with E-state index in [0.29, 0.717) is 12.1 Å². The van der Waals surface area contributed by atoms with E-state index in [4.69, 9.17) is 4.74 Å². The lowest BCUT2D eigenvalue weighted by atomic mass is 9.93. The van der Waals surface area contributed by atoms with Crippen LogP contribution in [0.4, 0.5) is 4.39 Å². The first-order chi connectivity index (χ1) is 8.79. The van der Waals surface area contributed by atoms with E-state index in [-0.39, 0.29) is 5.82 Å². The van der Waals surface area contributed by atoms with Crippen LogP contribution in [-0.2, 0) is 11.2 Å².